The topological polar surface area (TPSA) is 59.0 Å². The Morgan fingerprint density at radius 2 is 2.16 bits per heavy atom. The van der Waals surface area contributed by atoms with Crippen LogP contribution in [-0.2, 0) is 11.3 Å². The summed E-state index contributed by atoms with van der Waals surface area (Å²) >= 11 is 0. The van der Waals surface area contributed by atoms with E-state index in [9.17, 15) is 9.90 Å². The number of rotatable bonds is 8. The summed E-state index contributed by atoms with van der Waals surface area (Å²) in [6, 6.07) is 5.29. The van der Waals surface area contributed by atoms with Crippen molar-refractivity contribution in [1.82, 2.24) is 4.90 Å². The van der Waals surface area contributed by atoms with E-state index in [1.54, 1.807) is 32.4 Å². The first kappa shape index (κ1) is 15.6. The van der Waals surface area contributed by atoms with Gasteiger partial charge in [-0.1, -0.05) is 0 Å². The van der Waals surface area contributed by atoms with Gasteiger partial charge in [-0.25, -0.2) is 0 Å². The van der Waals surface area contributed by atoms with Crippen molar-refractivity contribution in [3.63, 3.8) is 0 Å². The van der Waals surface area contributed by atoms with Crippen molar-refractivity contribution in [2.24, 2.45) is 0 Å². The lowest BCUT2D eigenvalue weighted by atomic mass is 10.1. The minimum atomic E-state index is -0.532. The maximum Gasteiger partial charge on any atom is 0.150 e. The first-order valence-electron chi connectivity index (χ1n) is 6.08. The molecule has 0 saturated carbocycles. The van der Waals surface area contributed by atoms with E-state index in [1.807, 2.05) is 11.9 Å². The smallest absolute Gasteiger partial charge is 0.150 e. The molecule has 0 fully saturated rings. The molecule has 1 aromatic carbocycles. The molecule has 0 bridgehead atoms. The molecule has 0 aromatic heterocycles. The van der Waals surface area contributed by atoms with Crippen molar-refractivity contribution in [1.29, 1.82) is 0 Å². The molecule has 19 heavy (non-hydrogen) atoms. The van der Waals surface area contributed by atoms with Crippen LogP contribution in [0.3, 0.4) is 0 Å². The Hall–Kier alpha value is -1.43. The van der Waals surface area contributed by atoms with Gasteiger partial charge in [0, 0.05) is 31.3 Å². The molecule has 0 aliphatic heterocycles. The van der Waals surface area contributed by atoms with Crippen LogP contribution in [0.2, 0.25) is 0 Å². The molecule has 1 rings (SSSR count). The van der Waals surface area contributed by atoms with Crippen LogP contribution in [0, 0.1) is 0 Å². The maximum atomic E-state index is 10.8. The van der Waals surface area contributed by atoms with Crippen molar-refractivity contribution >= 4 is 6.29 Å². The van der Waals surface area contributed by atoms with Crippen LogP contribution in [0.5, 0.6) is 5.75 Å². The molecule has 1 N–H and O–H groups in total. The van der Waals surface area contributed by atoms with Crippen molar-refractivity contribution in [2.45, 2.75) is 12.6 Å². The van der Waals surface area contributed by atoms with Gasteiger partial charge in [0.05, 0.1) is 19.8 Å². The average Bonchev–Trinajstić information content (AvgIpc) is 2.38. The maximum absolute atomic E-state index is 10.8. The van der Waals surface area contributed by atoms with Gasteiger partial charge in [0.15, 0.2) is 0 Å². The van der Waals surface area contributed by atoms with Gasteiger partial charge in [-0.05, 0) is 25.2 Å². The third-order valence-electron chi connectivity index (χ3n) is 2.76. The summed E-state index contributed by atoms with van der Waals surface area (Å²) in [6.45, 7) is 1.38. The second kappa shape index (κ2) is 7.89. The molecule has 0 amide bonds. The molecule has 5 nitrogen and oxygen atoms in total. The van der Waals surface area contributed by atoms with Gasteiger partial charge in [0.25, 0.3) is 0 Å². The number of likely N-dealkylation sites (N-methyl/N-ethyl adjacent to an activating group) is 1. The number of aldehydes is 1. The summed E-state index contributed by atoms with van der Waals surface area (Å²) < 4.78 is 10.2. The van der Waals surface area contributed by atoms with Crippen LogP contribution >= 0.6 is 0 Å². The van der Waals surface area contributed by atoms with Gasteiger partial charge >= 0.3 is 0 Å². The second-order valence-electron chi connectivity index (χ2n) is 4.50. The van der Waals surface area contributed by atoms with Gasteiger partial charge in [-0.2, -0.15) is 0 Å². The molecule has 0 saturated heterocycles. The molecule has 1 aromatic rings. The number of benzene rings is 1. The third kappa shape index (κ3) is 4.98. The van der Waals surface area contributed by atoms with Crippen molar-refractivity contribution in [3.05, 3.63) is 29.3 Å². The highest BCUT2D eigenvalue weighted by atomic mass is 16.5. The number of carbonyl (C=O) groups is 1. The van der Waals surface area contributed by atoms with E-state index in [0.29, 0.717) is 25.3 Å². The minimum absolute atomic E-state index is 0.301. The zero-order chi connectivity index (χ0) is 14.3. The number of methoxy groups -OCH3 is 2. The molecule has 0 radical (unpaired) electrons. The Morgan fingerprint density at radius 3 is 2.74 bits per heavy atom. The largest absolute Gasteiger partial charge is 0.496 e. The zero-order valence-electron chi connectivity index (χ0n) is 11.6. The van der Waals surface area contributed by atoms with E-state index >= 15 is 0 Å². The van der Waals surface area contributed by atoms with Gasteiger partial charge in [0.2, 0.25) is 0 Å². The number of aliphatic hydroxyl groups is 1. The van der Waals surface area contributed by atoms with Gasteiger partial charge in [-0.15, -0.1) is 0 Å². The van der Waals surface area contributed by atoms with E-state index in [2.05, 4.69) is 0 Å². The molecule has 0 aliphatic carbocycles. The summed E-state index contributed by atoms with van der Waals surface area (Å²) in [7, 11) is 5.05. The first-order valence-corrected chi connectivity index (χ1v) is 6.08. The van der Waals surface area contributed by atoms with Gasteiger partial charge in [-0.3, -0.25) is 9.69 Å². The lowest BCUT2D eigenvalue weighted by molar-refractivity contribution is 0.0417. The van der Waals surface area contributed by atoms with Crippen molar-refractivity contribution < 1.29 is 19.4 Å². The second-order valence-corrected chi connectivity index (χ2v) is 4.50. The number of aliphatic hydroxyl groups excluding tert-OH is 1. The Morgan fingerprint density at radius 1 is 1.42 bits per heavy atom. The summed E-state index contributed by atoms with van der Waals surface area (Å²) in [5.41, 5.74) is 1.53. The summed E-state index contributed by atoms with van der Waals surface area (Å²) in [4.78, 5) is 12.8. The van der Waals surface area contributed by atoms with Crippen LogP contribution in [-0.4, -0.2) is 56.8 Å². The highest BCUT2D eigenvalue weighted by Crippen LogP contribution is 2.20. The predicted molar refractivity (Wildman–Crippen MR) is 72.6 cm³/mol. The SMILES string of the molecule is COCC(O)CN(C)Cc1cc(C=O)ccc1OC. The molecular weight excluding hydrogens is 246 g/mol. The standard InChI is InChI=1S/C14H21NO4/c1-15(8-13(17)10-18-2)7-12-6-11(9-16)4-5-14(12)19-3/h4-6,9,13,17H,7-8,10H2,1-3H3. The molecule has 1 unspecified atom stereocenters. The van der Waals surface area contributed by atoms with Gasteiger partial charge in [0.1, 0.15) is 12.0 Å². The lowest BCUT2D eigenvalue weighted by Gasteiger charge is -2.21. The zero-order valence-corrected chi connectivity index (χ0v) is 11.6. The van der Waals surface area contributed by atoms with E-state index in [4.69, 9.17) is 9.47 Å². The highest BCUT2D eigenvalue weighted by molar-refractivity contribution is 5.75. The molecule has 1 atom stereocenters. The third-order valence-corrected chi connectivity index (χ3v) is 2.76. The van der Waals surface area contributed by atoms with Crippen LogP contribution in [0.25, 0.3) is 0 Å². The highest BCUT2D eigenvalue weighted by Gasteiger charge is 2.11. The van der Waals surface area contributed by atoms with Crippen LogP contribution in [0.15, 0.2) is 18.2 Å². The van der Waals surface area contributed by atoms with Crippen molar-refractivity contribution in [3.8, 4) is 5.75 Å². The Labute approximate surface area is 113 Å². The molecule has 0 aliphatic rings. The molecule has 0 spiro atoms. The average molecular weight is 267 g/mol. The van der Waals surface area contributed by atoms with Crippen molar-refractivity contribution in [2.75, 3.05) is 34.4 Å². The number of ether oxygens (including phenoxy) is 2. The fourth-order valence-corrected chi connectivity index (χ4v) is 1.96. The fraction of sp³-hybridized carbons (Fsp3) is 0.500. The summed E-state index contributed by atoms with van der Waals surface area (Å²) in [6.07, 6.45) is 0.276. The Bertz CT molecular complexity index is 408. The molecule has 5 heteroatoms. The van der Waals surface area contributed by atoms with E-state index in [1.165, 1.54) is 0 Å². The number of hydrogen-bond donors (Lipinski definition) is 1. The number of carbonyl (C=O) groups excluding carboxylic acids is 1. The first-order chi connectivity index (χ1) is 9.10. The molecule has 0 heterocycles. The van der Waals surface area contributed by atoms with Crippen LogP contribution in [0.1, 0.15) is 15.9 Å². The van der Waals surface area contributed by atoms with Crippen LogP contribution in [0.4, 0.5) is 0 Å². The number of nitrogens with zero attached hydrogens (tertiary/aromatic N) is 1. The summed E-state index contributed by atoms with van der Waals surface area (Å²) in [5, 5.41) is 9.67. The van der Waals surface area contributed by atoms with E-state index < -0.39 is 6.10 Å². The molecule has 106 valence electrons. The fourth-order valence-electron chi connectivity index (χ4n) is 1.96. The Balaban J connectivity index is 2.71. The Kier molecular flexibility index (Phi) is 6.49. The summed E-state index contributed by atoms with van der Waals surface area (Å²) in [5.74, 6) is 0.735. The monoisotopic (exact) mass is 267 g/mol. The lowest BCUT2D eigenvalue weighted by Crippen LogP contribution is -2.31. The normalized spacial score (nSPS) is 12.5. The minimum Gasteiger partial charge on any atom is -0.496 e. The number of hydrogen-bond acceptors (Lipinski definition) is 5. The van der Waals surface area contributed by atoms with E-state index in [0.717, 1.165) is 17.6 Å². The van der Waals surface area contributed by atoms with E-state index in [-0.39, 0.29) is 0 Å². The molecular formula is C14H21NO4. The van der Waals surface area contributed by atoms with Crippen LogP contribution < -0.4 is 4.74 Å². The predicted octanol–water partition coefficient (Wildman–Crippen LogP) is 0.947. The quantitative estimate of drug-likeness (QED) is 0.711. The van der Waals surface area contributed by atoms with Gasteiger partial charge < -0.3 is 14.6 Å².